The highest BCUT2D eigenvalue weighted by Crippen LogP contribution is 2.49. The van der Waals surface area contributed by atoms with E-state index in [0.717, 1.165) is 0 Å². The number of alkyl halides is 6. The molecule has 0 spiro atoms. The Morgan fingerprint density at radius 1 is 1.05 bits per heavy atom. The van der Waals surface area contributed by atoms with Crippen molar-refractivity contribution in [1.82, 2.24) is 0 Å². The van der Waals surface area contributed by atoms with Gasteiger partial charge < -0.3 is 9.47 Å². The molecule has 1 rings (SSSR count). The summed E-state index contributed by atoms with van der Waals surface area (Å²) in [5, 5.41) is 0. The van der Waals surface area contributed by atoms with E-state index in [9.17, 15) is 26.3 Å². The van der Waals surface area contributed by atoms with Crippen molar-refractivity contribution in [1.29, 1.82) is 0 Å². The third-order valence-electron chi connectivity index (χ3n) is 2.99. The highest BCUT2D eigenvalue weighted by atomic mass is 19.4. The van der Waals surface area contributed by atoms with Gasteiger partial charge in [0.25, 0.3) is 5.60 Å². The molecule has 114 valence electrons. The molecule has 0 radical (unpaired) electrons. The van der Waals surface area contributed by atoms with Crippen molar-refractivity contribution in [3.63, 3.8) is 0 Å². The van der Waals surface area contributed by atoms with Gasteiger partial charge in [-0.2, -0.15) is 26.3 Å². The zero-order valence-electron chi connectivity index (χ0n) is 10.4. The monoisotopic (exact) mass is 294 g/mol. The molecule has 1 aliphatic rings. The molecule has 1 fully saturated rings. The van der Waals surface area contributed by atoms with E-state index < -0.39 is 30.7 Å². The van der Waals surface area contributed by atoms with Gasteiger partial charge >= 0.3 is 12.4 Å². The Bertz CT molecular complexity index is 266. The van der Waals surface area contributed by atoms with Gasteiger partial charge in [0, 0.05) is 6.61 Å². The Morgan fingerprint density at radius 2 is 1.63 bits per heavy atom. The van der Waals surface area contributed by atoms with Gasteiger partial charge in [-0.1, -0.05) is 13.3 Å². The van der Waals surface area contributed by atoms with E-state index in [4.69, 9.17) is 4.74 Å². The van der Waals surface area contributed by atoms with Crippen LogP contribution in [0.1, 0.15) is 39.0 Å². The molecule has 0 N–H and O–H groups in total. The van der Waals surface area contributed by atoms with Crippen LogP contribution in [-0.4, -0.2) is 30.9 Å². The lowest BCUT2D eigenvalue weighted by Crippen LogP contribution is -2.60. The van der Waals surface area contributed by atoms with Crippen molar-refractivity contribution in [2.75, 3.05) is 6.61 Å². The summed E-state index contributed by atoms with van der Waals surface area (Å²) >= 11 is 0. The smallest absolute Gasteiger partial charge is 0.353 e. The zero-order valence-corrected chi connectivity index (χ0v) is 10.4. The third kappa shape index (κ3) is 3.53. The summed E-state index contributed by atoms with van der Waals surface area (Å²) in [5.41, 5.74) is -4.14. The lowest BCUT2D eigenvalue weighted by molar-refractivity contribution is -0.413. The molecule has 1 aliphatic heterocycles. The van der Waals surface area contributed by atoms with E-state index in [1.807, 2.05) is 0 Å². The molecule has 1 atom stereocenters. The zero-order chi connectivity index (χ0) is 14.7. The molecule has 1 saturated heterocycles. The minimum Gasteiger partial charge on any atom is -0.353 e. The fourth-order valence-corrected chi connectivity index (χ4v) is 2.02. The van der Waals surface area contributed by atoms with Crippen LogP contribution in [0.2, 0.25) is 0 Å². The van der Waals surface area contributed by atoms with E-state index in [-0.39, 0.29) is 19.4 Å². The summed E-state index contributed by atoms with van der Waals surface area (Å²) in [7, 11) is 0. The topological polar surface area (TPSA) is 18.5 Å². The van der Waals surface area contributed by atoms with E-state index in [1.165, 1.54) is 6.92 Å². The van der Waals surface area contributed by atoms with Crippen molar-refractivity contribution >= 4 is 0 Å². The second kappa shape index (κ2) is 5.87. The second-order valence-corrected chi connectivity index (χ2v) is 4.49. The molecule has 0 saturated carbocycles. The van der Waals surface area contributed by atoms with Crippen LogP contribution in [0.15, 0.2) is 0 Å². The summed E-state index contributed by atoms with van der Waals surface area (Å²) in [6.45, 7) is 1.36. The molecule has 0 aromatic heterocycles. The third-order valence-corrected chi connectivity index (χ3v) is 2.99. The van der Waals surface area contributed by atoms with Crippen molar-refractivity contribution < 1.29 is 35.8 Å². The predicted octanol–water partition coefficient (Wildman–Crippen LogP) is 4.19. The molecule has 1 heterocycles. The molecule has 19 heavy (non-hydrogen) atoms. The van der Waals surface area contributed by atoms with Crippen LogP contribution in [-0.2, 0) is 9.47 Å². The van der Waals surface area contributed by atoms with E-state index in [0.29, 0.717) is 12.8 Å². The van der Waals surface area contributed by atoms with Crippen LogP contribution in [0.5, 0.6) is 0 Å². The van der Waals surface area contributed by atoms with Crippen LogP contribution in [0.4, 0.5) is 26.3 Å². The molecule has 0 amide bonds. The first-order valence-corrected chi connectivity index (χ1v) is 6.07. The summed E-state index contributed by atoms with van der Waals surface area (Å²) in [4.78, 5) is 0. The lowest BCUT2D eigenvalue weighted by Gasteiger charge is -2.40. The van der Waals surface area contributed by atoms with Crippen molar-refractivity contribution in [2.45, 2.75) is 63.3 Å². The molecular weight excluding hydrogens is 278 g/mol. The summed E-state index contributed by atoms with van der Waals surface area (Å²) in [6, 6.07) is 0. The number of ether oxygens (including phenoxy) is 2. The summed E-state index contributed by atoms with van der Waals surface area (Å²) in [6.07, 6.45) is -12.8. The van der Waals surface area contributed by atoms with E-state index in [2.05, 4.69) is 4.74 Å². The van der Waals surface area contributed by atoms with Crippen LogP contribution in [0.25, 0.3) is 0 Å². The van der Waals surface area contributed by atoms with Crippen molar-refractivity contribution in [2.24, 2.45) is 0 Å². The first-order chi connectivity index (χ1) is 8.64. The SMILES string of the molecule is CCCC(OC1CCCCO1)(C(F)(F)F)C(F)(F)F. The highest BCUT2D eigenvalue weighted by molar-refractivity contribution is 4.96. The van der Waals surface area contributed by atoms with E-state index >= 15 is 0 Å². The maximum atomic E-state index is 12.9. The number of hydrogen-bond acceptors (Lipinski definition) is 2. The second-order valence-electron chi connectivity index (χ2n) is 4.49. The van der Waals surface area contributed by atoms with E-state index in [1.54, 1.807) is 0 Å². The predicted molar refractivity (Wildman–Crippen MR) is 54.4 cm³/mol. The molecule has 0 bridgehead atoms. The standard InChI is InChI=1S/C11H16F6O2/c1-2-6-9(10(12,13)14,11(15,16)17)19-8-5-3-4-7-18-8/h8H,2-7H2,1H3. The van der Waals surface area contributed by atoms with Crippen LogP contribution >= 0.6 is 0 Å². The van der Waals surface area contributed by atoms with Crippen molar-refractivity contribution in [3.05, 3.63) is 0 Å². The average Bonchev–Trinajstić information content (AvgIpc) is 2.26. The molecule has 0 aromatic rings. The normalized spacial score (nSPS) is 22.6. The summed E-state index contributed by atoms with van der Waals surface area (Å²) < 4.78 is 86.7. The number of halogens is 6. The average molecular weight is 294 g/mol. The van der Waals surface area contributed by atoms with Crippen LogP contribution in [0, 0.1) is 0 Å². The maximum Gasteiger partial charge on any atom is 0.426 e. The Hall–Kier alpha value is -0.500. The Balaban J connectivity index is 3.01. The minimum absolute atomic E-state index is 0.0393. The molecule has 0 aromatic carbocycles. The molecule has 1 unspecified atom stereocenters. The largest absolute Gasteiger partial charge is 0.426 e. The van der Waals surface area contributed by atoms with Gasteiger partial charge in [0.2, 0.25) is 0 Å². The lowest BCUT2D eigenvalue weighted by atomic mass is 9.95. The minimum atomic E-state index is -5.53. The van der Waals surface area contributed by atoms with Crippen molar-refractivity contribution in [3.8, 4) is 0 Å². The van der Waals surface area contributed by atoms with Crippen LogP contribution < -0.4 is 0 Å². The molecule has 0 aliphatic carbocycles. The van der Waals surface area contributed by atoms with Gasteiger partial charge in [0.15, 0.2) is 6.29 Å². The number of hydrogen-bond donors (Lipinski definition) is 0. The quantitative estimate of drug-likeness (QED) is 0.724. The first-order valence-electron chi connectivity index (χ1n) is 6.07. The van der Waals surface area contributed by atoms with Gasteiger partial charge in [0.05, 0.1) is 0 Å². The fourth-order valence-electron chi connectivity index (χ4n) is 2.02. The van der Waals surface area contributed by atoms with Gasteiger partial charge in [-0.25, -0.2) is 0 Å². The Labute approximate surface area is 107 Å². The number of rotatable bonds is 4. The van der Waals surface area contributed by atoms with Gasteiger partial charge in [-0.05, 0) is 25.7 Å². The fraction of sp³-hybridized carbons (Fsp3) is 1.00. The Morgan fingerprint density at radius 3 is 2.00 bits per heavy atom. The van der Waals surface area contributed by atoms with Crippen LogP contribution in [0.3, 0.4) is 0 Å². The molecule has 2 nitrogen and oxygen atoms in total. The highest BCUT2D eigenvalue weighted by Gasteiger charge is 2.72. The van der Waals surface area contributed by atoms with Gasteiger partial charge in [-0.3, -0.25) is 0 Å². The molecule has 8 heteroatoms. The van der Waals surface area contributed by atoms with Gasteiger partial charge in [-0.15, -0.1) is 0 Å². The maximum absolute atomic E-state index is 12.9. The van der Waals surface area contributed by atoms with Gasteiger partial charge in [0.1, 0.15) is 0 Å². The Kier molecular flexibility index (Phi) is 5.11. The summed E-state index contributed by atoms with van der Waals surface area (Å²) in [5.74, 6) is 0. The first kappa shape index (κ1) is 16.6. The molecular formula is C11H16F6O2.